The first kappa shape index (κ1) is 51.8. The first-order chi connectivity index (χ1) is 24.2. The van der Waals surface area contributed by atoms with Gasteiger partial charge in [0.15, 0.2) is 16.6 Å². The van der Waals surface area contributed by atoms with Crippen LogP contribution in [-0.4, -0.2) is 40.6 Å². The summed E-state index contributed by atoms with van der Waals surface area (Å²) in [6.45, 7) is 14.3. The molecule has 2 nitrogen and oxygen atoms in total. The van der Waals surface area contributed by atoms with E-state index in [9.17, 15) is 0 Å². The Morgan fingerprint density at radius 1 is 0.340 bits per heavy atom. The lowest BCUT2D eigenvalue weighted by Gasteiger charge is -2.31. The van der Waals surface area contributed by atoms with Crippen molar-refractivity contribution in [3.63, 3.8) is 0 Å². The summed E-state index contributed by atoms with van der Waals surface area (Å²) in [7, 11) is 8.84. The van der Waals surface area contributed by atoms with Crippen LogP contribution in [0.1, 0.15) is 219 Å². The van der Waals surface area contributed by atoms with Crippen molar-refractivity contribution in [2.24, 2.45) is 0 Å². The lowest BCUT2D eigenvalue weighted by Crippen LogP contribution is -2.41. The summed E-state index contributed by atoms with van der Waals surface area (Å²) in [5, 5.41) is 0. The lowest BCUT2D eigenvalue weighted by molar-refractivity contribution is 0.398. The van der Waals surface area contributed by atoms with E-state index in [0.29, 0.717) is 9.75 Å². The molecule has 2 atom stereocenters. The smallest absolute Gasteiger partial charge is 0.199 e. The Morgan fingerprint density at radius 2 is 0.540 bits per heavy atom. The maximum Gasteiger partial charge on any atom is 0.199 e. The molecule has 0 aromatic rings. The summed E-state index contributed by atoms with van der Waals surface area (Å²) in [4.78, 5) is 1.32. The van der Waals surface area contributed by atoms with E-state index in [1.165, 1.54) is 205 Å². The average molecular weight is 812 g/mol. The summed E-state index contributed by atoms with van der Waals surface area (Å²) in [6, 6.07) is 0. The molecule has 50 heavy (non-hydrogen) atoms. The Kier molecular flexibility index (Phi) is 39.0. The van der Waals surface area contributed by atoms with Crippen molar-refractivity contribution in [2.45, 2.75) is 255 Å². The molecule has 0 N–H and O–H groups in total. The molecule has 0 bridgehead atoms. The van der Waals surface area contributed by atoms with Crippen LogP contribution in [0, 0.1) is 0 Å². The fraction of sp³-hybridized carbons (Fsp3) is 1.00. The van der Waals surface area contributed by atoms with Gasteiger partial charge in [-0.2, -0.15) is 0 Å². The van der Waals surface area contributed by atoms with Gasteiger partial charge in [0.1, 0.15) is 0 Å². The maximum atomic E-state index is 6.14. The number of hydrogen-bond acceptors (Lipinski definition) is 6. The van der Waals surface area contributed by atoms with Gasteiger partial charge in [0.05, 0.1) is 0 Å². The molecule has 0 aromatic carbocycles. The highest BCUT2D eigenvalue weighted by Gasteiger charge is 2.35. The molecule has 302 valence electrons. The highest BCUT2D eigenvalue weighted by Crippen LogP contribution is 2.51. The summed E-state index contributed by atoms with van der Waals surface area (Å²) in [5.41, 5.74) is 0. The predicted molar refractivity (Wildman–Crippen MR) is 246 cm³/mol. The van der Waals surface area contributed by atoms with Gasteiger partial charge in [0.2, 0.25) is 0 Å². The van der Waals surface area contributed by atoms with Gasteiger partial charge < -0.3 is 8.85 Å². The number of rotatable bonds is 41. The molecule has 8 heteroatoms. The van der Waals surface area contributed by atoms with Gasteiger partial charge in [-0.25, -0.2) is 0 Å². The van der Waals surface area contributed by atoms with Crippen molar-refractivity contribution < 1.29 is 8.85 Å². The van der Waals surface area contributed by atoms with Crippen molar-refractivity contribution in [2.75, 3.05) is 14.2 Å². The minimum Gasteiger partial charge on any atom is -0.419 e. The Hall–Kier alpha value is 1.75. The number of unbranched alkanes of at least 4 members (excludes halogenated alkanes) is 28. The molecular formula is C42H90O2S4Si2. The van der Waals surface area contributed by atoms with E-state index >= 15 is 0 Å². The van der Waals surface area contributed by atoms with Crippen LogP contribution >= 0.6 is 41.2 Å². The zero-order chi connectivity index (χ0) is 37.0. The highest BCUT2D eigenvalue weighted by molar-refractivity contribution is 9.26. The van der Waals surface area contributed by atoms with Gasteiger partial charge in [-0.3, -0.25) is 0 Å². The Balaban J connectivity index is 4.11. The SMILES string of the molecule is CCCCCCCCCCCCCCCCCC(SSSSC(CCCCCCCCCCCCCCCCC)[Si](C)(C)OC)[Si](C)(C)OC. The molecule has 0 rings (SSSR count). The summed E-state index contributed by atoms with van der Waals surface area (Å²) >= 11 is 0. The molecule has 0 aromatic heterocycles. The largest absolute Gasteiger partial charge is 0.419 e. The second-order valence-electron chi connectivity index (χ2n) is 16.4. The van der Waals surface area contributed by atoms with Gasteiger partial charge in [-0.1, -0.05) is 228 Å². The van der Waals surface area contributed by atoms with Crippen LogP contribution in [0.4, 0.5) is 0 Å². The first-order valence-corrected chi connectivity index (χ1v) is 32.9. The van der Waals surface area contributed by atoms with Crippen molar-refractivity contribution in [1.82, 2.24) is 0 Å². The van der Waals surface area contributed by atoms with Crippen LogP contribution in [0.3, 0.4) is 0 Å². The highest BCUT2D eigenvalue weighted by atomic mass is 33.7. The fourth-order valence-electron chi connectivity index (χ4n) is 6.82. The molecule has 2 unspecified atom stereocenters. The average Bonchev–Trinajstić information content (AvgIpc) is 3.11. The van der Waals surface area contributed by atoms with Gasteiger partial charge in [0.25, 0.3) is 0 Å². The summed E-state index contributed by atoms with van der Waals surface area (Å²) in [6.07, 6.45) is 45.6. The van der Waals surface area contributed by atoms with E-state index < -0.39 is 16.6 Å². The van der Waals surface area contributed by atoms with Crippen LogP contribution in [0.25, 0.3) is 0 Å². The van der Waals surface area contributed by atoms with E-state index in [2.05, 4.69) is 61.6 Å². The minimum atomic E-state index is -1.69. The van der Waals surface area contributed by atoms with Crippen LogP contribution in [0.2, 0.25) is 26.2 Å². The molecule has 0 heterocycles. The fourth-order valence-corrected chi connectivity index (χ4v) is 24.0. The second kappa shape index (κ2) is 37.7. The van der Waals surface area contributed by atoms with Crippen LogP contribution in [0.5, 0.6) is 0 Å². The van der Waals surface area contributed by atoms with Crippen molar-refractivity contribution in [1.29, 1.82) is 0 Å². The molecule has 0 radical (unpaired) electrons. The van der Waals surface area contributed by atoms with E-state index in [1.807, 2.05) is 33.9 Å². The maximum absolute atomic E-state index is 6.14. The normalized spacial score (nSPS) is 13.7. The van der Waals surface area contributed by atoms with Gasteiger partial charge >= 0.3 is 0 Å². The zero-order valence-corrected chi connectivity index (χ0v) is 40.5. The monoisotopic (exact) mass is 811 g/mol. The first-order valence-electron chi connectivity index (χ1n) is 22.0. The minimum absolute atomic E-state index is 0.661. The van der Waals surface area contributed by atoms with Gasteiger partial charge in [-0.15, -0.1) is 0 Å². The quantitative estimate of drug-likeness (QED) is 0.0345. The van der Waals surface area contributed by atoms with E-state index in [0.717, 1.165) is 0 Å². The van der Waals surface area contributed by atoms with Crippen molar-refractivity contribution in [3.05, 3.63) is 0 Å². The Bertz CT molecular complexity index is 630. The Morgan fingerprint density at radius 3 is 0.740 bits per heavy atom. The van der Waals surface area contributed by atoms with E-state index in [-0.39, 0.29) is 0 Å². The van der Waals surface area contributed by atoms with Crippen LogP contribution < -0.4 is 0 Å². The molecule has 0 aliphatic rings. The van der Waals surface area contributed by atoms with Gasteiger partial charge in [-0.05, 0) is 58.7 Å². The summed E-state index contributed by atoms with van der Waals surface area (Å²) in [5.74, 6) is 0. The van der Waals surface area contributed by atoms with E-state index in [4.69, 9.17) is 8.85 Å². The molecular weight excluding hydrogens is 721 g/mol. The second-order valence-corrected chi connectivity index (χ2v) is 32.1. The summed E-state index contributed by atoms with van der Waals surface area (Å²) < 4.78 is 12.3. The molecule has 0 amide bonds. The number of hydrogen-bond donors (Lipinski definition) is 0. The Labute approximate surface area is 334 Å². The third kappa shape index (κ3) is 32.0. The third-order valence-corrected chi connectivity index (χ3v) is 28.6. The third-order valence-electron chi connectivity index (χ3n) is 11.1. The lowest BCUT2D eigenvalue weighted by atomic mass is 10.0. The molecule has 0 saturated heterocycles. The van der Waals surface area contributed by atoms with Crippen LogP contribution in [0.15, 0.2) is 0 Å². The van der Waals surface area contributed by atoms with Crippen molar-refractivity contribution in [3.8, 4) is 0 Å². The van der Waals surface area contributed by atoms with E-state index in [1.54, 1.807) is 0 Å². The molecule has 0 spiro atoms. The molecule has 0 aliphatic carbocycles. The molecule has 0 aliphatic heterocycles. The topological polar surface area (TPSA) is 18.5 Å². The van der Waals surface area contributed by atoms with Crippen LogP contribution in [-0.2, 0) is 8.85 Å². The standard InChI is InChI=1S/C42H90O2S4Si2/c1-9-11-13-15-17-19-21-23-25-27-29-31-33-35-37-39-41(49(5,6)43-3)45-47-48-46-42(50(7,8)44-4)40-38-36-34-32-30-28-26-24-22-20-18-16-14-12-10-2/h41-42H,9-40H2,1-8H3. The van der Waals surface area contributed by atoms with Gasteiger partial charge in [0, 0.05) is 24.0 Å². The zero-order valence-electron chi connectivity index (χ0n) is 35.2. The van der Waals surface area contributed by atoms with Crippen molar-refractivity contribution >= 4 is 57.9 Å². The molecule has 0 fully saturated rings. The molecule has 0 saturated carbocycles. The predicted octanol–water partition coefficient (Wildman–Crippen LogP) is 17.7.